The van der Waals surface area contributed by atoms with Crippen molar-refractivity contribution in [3.63, 3.8) is 0 Å². The first-order valence-electron chi connectivity index (χ1n) is 19.0. The number of nitrogens with one attached hydrogen (secondary N) is 1. The highest BCUT2D eigenvalue weighted by Crippen LogP contribution is 2.44. The Kier molecular flexibility index (Phi) is 8.07. The van der Waals surface area contributed by atoms with Crippen LogP contribution in [0, 0.1) is 13.8 Å². The number of aryl methyl sites for hydroxylation is 2. The monoisotopic (exact) mass is 701 g/mol. The molecule has 1 aliphatic rings. The molecule has 1 N–H and O–H groups in total. The number of hydrogen-bond acceptors (Lipinski definition) is 2. The molecule has 3 heteroatoms. The van der Waals surface area contributed by atoms with Crippen molar-refractivity contribution in [2.24, 2.45) is 0 Å². The van der Waals surface area contributed by atoms with Gasteiger partial charge < -0.3 is 10.2 Å². The fourth-order valence-corrected chi connectivity index (χ4v) is 8.28. The molecule has 1 heterocycles. The van der Waals surface area contributed by atoms with Crippen LogP contribution < -0.4 is 21.1 Å². The average molecular weight is 702 g/mol. The van der Waals surface area contributed by atoms with Crippen LogP contribution in [0.2, 0.25) is 0 Å². The summed E-state index contributed by atoms with van der Waals surface area (Å²) in [6.45, 7) is 4.46. The minimum Gasteiger partial charge on any atom is -0.355 e. The van der Waals surface area contributed by atoms with E-state index in [4.69, 9.17) is 0 Å². The molecule has 0 fully saturated rings. The predicted molar refractivity (Wildman–Crippen MR) is 237 cm³/mol. The lowest BCUT2D eigenvalue weighted by atomic mass is 9.57. The van der Waals surface area contributed by atoms with Crippen molar-refractivity contribution < 1.29 is 0 Å². The summed E-state index contributed by atoms with van der Waals surface area (Å²) in [7, 11) is 2.42. The van der Waals surface area contributed by atoms with Crippen LogP contribution in [0.5, 0.6) is 0 Å². The third kappa shape index (κ3) is 5.95. The molecule has 10 rings (SSSR count). The van der Waals surface area contributed by atoms with Gasteiger partial charge in [0.25, 0.3) is 0 Å². The second kappa shape index (κ2) is 13.5. The van der Waals surface area contributed by atoms with Gasteiger partial charge in [0.05, 0.1) is 0 Å². The molecule has 0 aromatic heterocycles. The van der Waals surface area contributed by atoms with E-state index in [2.05, 4.69) is 219 Å². The Hall–Kier alpha value is -6.84. The van der Waals surface area contributed by atoms with Gasteiger partial charge in [0.2, 0.25) is 0 Å². The lowest BCUT2D eigenvalue weighted by Gasteiger charge is -2.36. The van der Waals surface area contributed by atoms with Crippen LogP contribution in [0.4, 0.5) is 28.4 Å². The van der Waals surface area contributed by atoms with Crippen molar-refractivity contribution in [3.05, 3.63) is 199 Å². The van der Waals surface area contributed by atoms with E-state index < -0.39 is 0 Å². The number of rotatable bonds is 6. The van der Waals surface area contributed by atoms with Gasteiger partial charge in [0.15, 0.2) is 7.28 Å². The molecular formula is C52H38BN2. The second-order valence-corrected chi connectivity index (χ2v) is 14.6. The Morgan fingerprint density at radius 1 is 0.455 bits per heavy atom. The van der Waals surface area contributed by atoms with Crippen LogP contribution in [0.1, 0.15) is 11.1 Å². The summed E-state index contributed by atoms with van der Waals surface area (Å²) >= 11 is 0. The summed E-state index contributed by atoms with van der Waals surface area (Å²) in [5.74, 6) is 0. The van der Waals surface area contributed by atoms with Crippen molar-refractivity contribution in [2.45, 2.75) is 13.8 Å². The summed E-state index contributed by atoms with van der Waals surface area (Å²) in [4.78, 5) is 2.51. The molecule has 2 nitrogen and oxygen atoms in total. The van der Waals surface area contributed by atoms with Crippen molar-refractivity contribution in [3.8, 4) is 33.4 Å². The fraction of sp³-hybridized carbons (Fsp3) is 0.0385. The Morgan fingerprint density at radius 3 is 1.82 bits per heavy atom. The van der Waals surface area contributed by atoms with E-state index in [-0.39, 0.29) is 0 Å². The van der Waals surface area contributed by atoms with Gasteiger partial charge in [-0.15, -0.1) is 0 Å². The van der Waals surface area contributed by atoms with E-state index in [1.165, 1.54) is 94.0 Å². The van der Waals surface area contributed by atoms with Crippen molar-refractivity contribution in [1.82, 2.24) is 0 Å². The van der Waals surface area contributed by atoms with E-state index in [1.54, 1.807) is 0 Å². The summed E-state index contributed by atoms with van der Waals surface area (Å²) in [5, 5.41) is 8.75. The van der Waals surface area contributed by atoms with Gasteiger partial charge in [-0.1, -0.05) is 157 Å². The number of fused-ring (bicyclic) bond motifs is 4. The van der Waals surface area contributed by atoms with Crippen LogP contribution in [0.3, 0.4) is 0 Å². The highest BCUT2D eigenvalue weighted by molar-refractivity contribution is 6.73. The van der Waals surface area contributed by atoms with Crippen molar-refractivity contribution in [2.75, 3.05) is 10.2 Å². The summed E-state index contributed by atoms with van der Waals surface area (Å²) in [6.07, 6.45) is 0. The molecule has 259 valence electrons. The van der Waals surface area contributed by atoms with E-state index in [9.17, 15) is 0 Å². The molecule has 0 bridgehead atoms. The van der Waals surface area contributed by atoms with Gasteiger partial charge in [-0.05, 0) is 116 Å². The van der Waals surface area contributed by atoms with E-state index in [0.717, 1.165) is 11.4 Å². The largest absolute Gasteiger partial charge is 0.355 e. The SMILES string of the molecule is Cc1cc(-c2c(Nc3ccc(-c4ccccc4)cc3)ccc3ccccc23)c2c(c1)N(c1cc(-c3ccccc3)ccc1C)c1cc3ccccc3cc1[B]2. The lowest BCUT2D eigenvalue weighted by molar-refractivity contribution is 1.26. The molecule has 0 saturated carbocycles. The minimum atomic E-state index is 1.05. The Bertz CT molecular complexity index is 2880. The maximum atomic E-state index is 3.86. The van der Waals surface area contributed by atoms with Gasteiger partial charge in [0.1, 0.15) is 0 Å². The topological polar surface area (TPSA) is 15.3 Å². The zero-order chi connectivity index (χ0) is 36.9. The zero-order valence-corrected chi connectivity index (χ0v) is 30.9. The molecule has 9 aromatic rings. The molecule has 55 heavy (non-hydrogen) atoms. The van der Waals surface area contributed by atoms with Gasteiger partial charge in [0, 0.05) is 34.0 Å². The lowest BCUT2D eigenvalue weighted by Crippen LogP contribution is -2.41. The first-order chi connectivity index (χ1) is 27.1. The highest BCUT2D eigenvalue weighted by atomic mass is 15.2. The highest BCUT2D eigenvalue weighted by Gasteiger charge is 2.30. The molecule has 0 saturated heterocycles. The van der Waals surface area contributed by atoms with E-state index in [0.29, 0.717) is 0 Å². The summed E-state index contributed by atoms with van der Waals surface area (Å²) < 4.78 is 0. The Morgan fingerprint density at radius 2 is 1.07 bits per heavy atom. The van der Waals surface area contributed by atoms with Crippen LogP contribution in [0.25, 0.3) is 54.9 Å². The molecule has 0 unspecified atom stereocenters. The maximum Gasteiger partial charge on any atom is 0.197 e. The second-order valence-electron chi connectivity index (χ2n) is 14.6. The normalized spacial score (nSPS) is 11.9. The molecule has 0 spiro atoms. The number of benzene rings is 9. The molecule has 0 atom stereocenters. The molecule has 0 amide bonds. The first-order valence-corrected chi connectivity index (χ1v) is 19.0. The number of anilines is 5. The summed E-state index contributed by atoms with van der Waals surface area (Å²) in [6, 6.07) is 68.3. The smallest absolute Gasteiger partial charge is 0.197 e. The third-order valence-corrected chi connectivity index (χ3v) is 11.0. The third-order valence-electron chi connectivity index (χ3n) is 11.0. The van der Waals surface area contributed by atoms with Crippen LogP contribution in [0.15, 0.2) is 188 Å². The number of nitrogens with zero attached hydrogens (tertiary/aromatic N) is 1. The maximum absolute atomic E-state index is 3.86. The predicted octanol–water partition coefficient (Wildman–Crippen LogP) is 12.8. The average Bonchev–Trinajstić information content (AvgIpc) is 3.23. The zero-order valence-electron chi connectivity index (χ0n) is 30.9. The standard InChI is InChI=1S/C52H38BN2/c1-34-29-45(51-44-20-12-11-17-39(44)25-28-47(51)54-43-26-23-38(24-27-43)36-13-5-3-6-14-36)52-50(30-34)55(49-33-41-19-10-9-18-40(41)31-46(49)53-52)48-32-42(22-21-35(48)2)37-15-7-4-8-16-37/h3-33,54H,1-2H3. The van der Waals surface area contributed by atoms with Crippen LogP contribution in [-0.2, 0) is 0 Å². The Labute approximate surface area is 323 Å². The van der Waals surface area contributed by atoms with Gasteiger partial charge in [-0.2, -0.15) is 0 Å². The molecule has 1 radical (unpaired) electrons. The van der Waals surface area contributed by atoms with Crippen molar-refractivity contribution in [1.29, 1.82) is 0 Å². The van der Waals surface area contributed by atoms with Crippen LogP contribution in [-0.4, -0.2) is 7.28 Å². The van der Waals surface area contributed by atoms with E-state index >= 15 is 0 Å². The number of hydrogen-bond donors (Lipinski definition) is 1. The fourth-order valence-electron chi connectivity index (χ4n) is 8.28. The first kappa shape index (κ1) is 32.8. The Balaban J connectivity index is 1.19. The van der Waals surface area contributed by atoms with Crippen molar-refractivity contribution >= 4 is 68.2 Å². The van der Waals surface area contributed by atoms with Gasteiger partial charge >= 0.3 is 0 Å². The van der Waals surface area contributed by atoms with Crippen LogP contribution >= 0.6 is 0 Å². The molecule has 9 aromatic carbocycles. The quantitative estimate of drug-likeness (QED) is 0.174. The molecule has 1 aliphatic heterocycles. The molecule has 0 aliphatic carbocycles. The minimum absolute atomic E-state index is 1.05. The van der Waals surface area contributed by atoms with Gasteiger partial charge in [-0.3, -0.25) is 0 Å². The summed E-state index contributed by atoms with van der Waals surface area (Å²) in [5.41, 5.74) is 17.7. The molecular weight excluding hydrogens is 663 g/mol. The van der Waals surface area contributed by atoms with E-state index in [1.807, 2.05) is 0 Å². The van der Waals surface area contributed by atoms with Gasteiger partial charge in [-0.25, -0.2) is 0 Å².